The number of cyclic esters (lactones) is 1. The van der Waals surface area contributed by atoms with Crippen LogP contribution in [-0.4, -0.2) is 22.2 Å². The number of aliphatic hydroxyl groups excluding tert-OH is 1. The standard InChI is InChI=1S/C21H13BrN2O3S/c22-14-7-5-12(6-8-14)17-11-28-20(24-17)16(10-23)19(25)18-9-13-3-1-2-4-15(13)21(26)27-18/h1-8,11,18,25H,9H2/b19-16-. The molecule has 2 heterocycles. The van der Waals surface area contributed by atoms with Crippen LogP contribution >= 0.6 is 27.3 Å². The topological polar surface area (TPSA) is 83.2 Å². The highest BCUT2D eigenvalue weighted by Crippen LogP contribution is 2.31. The summed E-state index contributed by atoms with van der Waals surface area (Å²) in [6.45, 7) is 0. The molecule has 5 nitrogen and oxygen atoms in total. The zero-order chi connectivity index (χ0) is 19.7. The van der Waals surface area contributed by atoms with Crippen LogP contribution in [0.3, 0.4) is 0 Å². The first-order valence-corrected chi connectivity index (χ1v) is 10.1. The first-order valence-electron chi connectivity index (χ1n) is 8.41. The molecule has 3 aromatic rings. The van der Waals surface area contributed by atoms with Crippen LogP contribution in [0.1, 0.15) is 20.9 Å². The Kier molecular flexibility index (Phi) is 4.99. The summed E-state index contributed by atoms with van der Waals surface area (Å²) in [5.74, 6) is -0.785. The first-order chi connectivity index (χ1) is 13.6. The van der Waals surface area contributed by atoms with Gasteiger partial charge in [0, 0.05) is 21.8 Å². The zero-order valence-electron chi connectivity index (χ0n) is 14.4. The van der Waals surface area contributed by atoms with Crippen LogP contribution < -0.4 is 0 Å². The molecule has 28 heavy (non-hydrogen) atoms. The number of halogens is 1. The van der Waals surface area contributed by atoms with Gasteiger partial charge in [-0.2, -0.15) is 5.26 Å². The van der Waals surface area contributed by atoms with Crippen molar-refractivity contribution in [3.05, 3.63) is 80.3 Å². The van der Waals surface area contributed by atoms with Gasteiger partial charge in [-0.3, -0.25) is 0 Å². The van der Waals surface area contributed by atoms with Crippen LogP contribution in [0.25, 0.3) is 16.8 Å². The summed E-state index contributed by atoms with van der Waals surface area (Å²) in [7, 11) is 0. The minimum Gasteiger partial charge on any atom is -0.507 e. The predicted octanol–water partition coefficient (Wildman–Crippen LogP) is 5.15. The van der Waals surface area contributed by atoms with Gasteiger partial charge < -0.3 is 9.84 Å². The molecule has 2 aromatic carbocycles. The fourth-order valence-electron chi connectivity index (χ4n) is 3.00. The van der Waals surface area contributed by atoms with Crippen LogP contribution in [0.4, 0.5) is 0 Å². The van der Waals surface area contributed by atoms with E-state index in [1.165, 1.54) is 11.3 Å². The number of esters is 1. The van der Waals surface area contributed by atoms with E-state index in [-0.39, 0.29) is 11.3 Å². The van der Waals surface area contributed by atoms with Crippen LogP contribution in [0.15, 0.2) is 64.1 Å². The minimum absolute atomic E-state index is 0.0190. The van der Waals surface area contributed by atoms with Gasteiger partial charge in [0.2, 0.25) is 0 Å². The van der Waals surface area contributed by atoms with Crippen molar-refractivity contribution in [1.29, 1.82) is 5.26 Å². The third-order valence-electron chi connectivity index (χ3n) is 4.42. The van der Waals surface area contributed by atoms with E-state index in [1.54, 1.807) is 12.1 Å². The monoisotopic (exact) mass is 452 g/mol. The average Bonchev–Trinajstić information content (AvgIpc) is 3.19. The zero-order valence-corrected chi connectivity index (χ0v) is 16.8. The normalized spacial score (nSPS) is 16.6. The molecule has 1 unspecified atom stereocenters. The molecule has 1 aliphatic heterocycles. The van der Waals surface area contributed by atoms with E-state index in [9.17, 15) is 15.2 Å². The summed E-state index contributed by atoms with van der Waals surface area (Å²) in [6.07, 6.45) is -0.596. The third-order valence-corrected chi connectivity index (χ3v) is 5.81. The Morgan fingerprint density at radius 2 is 2.00 bits per heavy atom. The number of fused-ring (bicyclic) bond motifs is 1. The molecular weight excluding hydrogens is 440 g/mol. The lowest BCUT2D eigenvalue weighted by molar-refractivity contribution is 0.0251. The van der Waals surface area contributed by atoms with Gasteiger partial charge in [0.15, 0.2) is 11.9 Å². The molecule has 1 aromatic heterocycles. The van der Waals surface area contributed by atoms with E-state index in [1.807, 2.05) is 47.8 Å². The fraction of sp³-hybridized carbons (Fsp3) is 0.0952. The number of rotatable bonds is 3. The number of aliphatic hydroxyl groups is 1. The van der Waals surface area contributed by atoms with Crippen molar-refractivity contribution in [3.8, 4) is 17.3 Å². The molecule has 0 bridgehead atoms. The van der Waals surface area contributed by atoms with Gasteiger partial charge in [0.25, 0.3) is 0 Å². The summed E-state index contributed by atoms with van der Waals surface area (Å²) in [4.78, 5) is 16.7. The number of hydrogen-bond acceptors (Lipinski definition) is 6. The summed E-state index contributed by atoms with van der Waals surface area (Å²) in [6, 6.07) is 16.7. The number of benzene rings is 2. The first kappa shape index (κ1) is 18.4. The van der Waals surface area contributed by atoms with Crippen molar-refractivity contribution in [2.45, 2.75) is 12.5 Å². The molecule has 0 saturated heterocycles. The van der Waals surface area contributed by atoms with E-state index >= 15 is 0 Å². The molecule has 0 spiro atoms. The Morgan fingerprint density at radius 1 is 1.25 bits per heavy atom. The molecule has 0 saturated carbocycles. The number of carbonyl (C=O) groups excluding carboxylic acids is 1. The van der Waals surface area contributed by atoms with Gasteiger partial charge in [-0.05, 0) is 23.8 Å². The highest BCUT2D eigenvalue weighted by atomic mass is 79.9. The summed E-state index contributed by atoms with van der Waals surface area (Å²) in [5.41, 5.74) is 2.89. The van der Waals surface area contributed by atoms with Gasteiger partial charge in [0.1, 0.15) is 16.6 Å². The molecule has 0 fully saturated rings. The van der Waals surface area contributed by atoms with E-state index in [0.717, 1.165) is 15.6 Å². The van der Waals surface area contributed by atoms with Crippen molar-refractivity contribution in [2.24, 2.45) is 0 Å². The maximum absolute atomic E-state index is 12.2. The largest absolute Gasteiger partial charge is 0.507 e. The molecule has 0 aliphatic carbocycles. The van der Waals surface area contributed by atoms with E-state index in [4.69, 9.17) is 4.74 Å². The van der Waals surface area contributed by atoms with E-state index in [2.05, 4.69) is 20.9 Å². The Hall–Kier alpha value is -2.95. The lowest BCUT2D eigenvalue weighted by Gasteiger charge is -2.24. The maximum Gasteiger partial charge on any atom is 0.339 e. The van der Waals surface area contributed by atoms with Gasteiger partial charge >= 0.3 is 5.97 Å². The average molecular weight is 453 g/mol. The number of allylic oxidation sites excluding steroid dienone is 1. The Morgan fingerprint density at radius 3 is 2.75 bits per heavy atom. The Labute approximate surface area is 173 Å². The quantitative estimate of drug-likeness (QED) is 0.337. The maximum atomic E-state index is 12.2. The summed E-state index contributed by atoms with van der Waals surface area (Å²) >= 11 is 4.65. The van der Waals surface area contributed by atoms with Crippen molar-refractivity contribution in [1.82, 2.24) is 4.98 Å². The van der Waals surface area contributed by atoms with E-state index in [0.29, 0.717) is 22.7 Å². The highest BCUT2D eigenvalue weighted by Gasteiger charge is 2.31. The van der Waals surface area contributed by atoms with Gasteiger partial charge in [-0.15, -0.1) is 11.3 Å². The molecule has 1 aliphatic rings. The van der Waals surface area contributed by atoms with Gasteiger partial charge in [-0.1, -0.05) is 46.3 Å². The second-order valence-corrected chi connectivity index (χ2v) is 7.95. The Bertz CT molecular complexity index is 1130. The molecule has 138 valence electrons. The third kappa shape index (κ3) is 3.44. The molecule has 7 heteroatoms. The summed E-state index contributed by atoms with van der Waals surface area (Å²) in [5, 5.41) is 22.5. The van der Waals surface area contributed by atoms with Crippen LogP contribution in [-0.2, 0) is 11.2 Å². The van der Waals surface area contributed by atoms with Crippen LogP contribution in [0.2, 0.25) is 0 Å². The second kappa shape index (κ2) is 7.58. The van der Waals surface area contributed by atoms with Crippen LogP contribution in [0, 0.1) is 11.3 Å². The molecule has 1 N–H and O–H groups in total. The van der Waals surface area contributed by atoms with E-state index < -0.39 is 12.1 Å². The number of carbonyl (C=O) groups is 1. The second-order valence-electron chi connectivity index (χ2n) is 6.17. The van der Waals surface area contributed by atoms with Gasteiger partial charge in [0.05, 0.1) is 11.3 Å². The molecular formula is C21H13BrN2O3S. The van der Waals surface area contributed by atoms with Crippen LogP contribution in [0.5, 0.6) is 0 Å². The molecule has 0 radical (unpaired) electrons. The van der Waals surface area contributed by atoms with Gasteiger partial charge in [-0.25, -0.2) is 9.78 Å². The number of nitriles is 1. The summed E-state index contributed by atoms with van der Waals surface area (Å²) < 4.78 is 6.32. The molecule has 4 rings (SSSR count). The Balaban J connectivity index is 1.67. The van der Waals surface area contributed by atoms with Crippen molar-refractivity contribution < 1.29 is 14.6 Å². The lowest BCUT2D eigenvalue weighted by Crippen LogP contribution is -2.29. The number of aromatic nitrogens is 1. The molecule has 0 amide bonds. The smallest absolute Gasteiger partial charge is 0.339 e. The molecule has 1 atom stereocenters. The fourth-order valence-corrected chi connectivity index (χ4v) is 4.10. The highest BCUT2D eigenvalue weighted by molar-refractivity contribution is 9.10. The number of thiazole rings is 1. The number of ether oxygens (including phenoxy) is 1. The van der Waals surface area contributed by atoms with Crippen molar-refractivity contribution in [3.63, 3.8) is 0 Å². The SMILES string of the molecule is N#C/C(=C(/O)C1Cc2ccccc2C(=O)O1)c1nc(-c2ccc(Br)cc2)cs1. The van der Waals surface area contributed by atoms with Crippen molar-refractivity contribution in [2.75, 3.05) is 0 Å². The number of hydrogen-bond donors (Lipinski definition) is 1. The number of nitrogens with zero attached hydrogens (tertiary/aromatic N) is 2. The van der Waals surface area contributed by atoms with Crippen molar-refractivity contribution >= 4 is 38.8 Å². The predicted molar refractivity (Wildman–Crippen MR) is 110 cm³/mol. The lowest BCUT2D eigenvalue weighted by atomic mass is 9.96. The minimum atomic E-state index is -0.905.